The van der Waals surface area contributed by atoms with Crippen molar-refractivity contribution in [2.75, 3.05) is 0 Å². The van der Waals surface area contributed by atoms with Crippen molar-refractivity contribution in [1.29, 1.82) is 0 Å². The third-order valence-corrected chi connectivity index (χ3v) is 2.72. The Balaban J connectivity index is 2.76. The fourth-order valence-electron chi connectivity index (χ4n) is 1.35. The van der Waals surface area contributed by atoms with Crippen LogP contribution in [0.5, 0.6) is 0 Å². The molecule has 1 nitrogen and oxygen atoms in total. The Morgan fingerprint density at radius 2 is 1.75 bits per heavy atom. The standard InChI is InChI=1S/C10H4Cl2F3N/c11-8-4-16-9(12)6-2-1-5(3-7(6)8)10(13,14)15/h1-4H. The molecule has 0 amide bonds. The van der Waals surface area contributed by atoms with E-state index in [0.717, 1.165) is 12.1 Å². The SMILES string of the molecule is FC(F)(F)c1ccc2c(Cl)ncc(Cl)c2c1. The average molecular weight is 266 g/mol. The van der Waals surface area contributed by atoms with Gasteiger partial charge >= 0.3 is 6.18 Å². The summed E-state index contributed by atoms with van der Waals surface area (Å²) in [6.45, 7) is 0. The van der Waals surface area contributed by atoms with E-state index in [1.807, 2.05) is 0 Å². The number of alkyl halides is 3. The molecule has 0 aliphatic rings. The normalized spacial score (nSPS) is 12.1. The van der Waals surface area contributed by atoms with Gasteiger partial charge in [-0.15, -0.1) is 0 Å². The lowest BCUT2D eigenvalue weighted by Gasteiger charge is -2.08. The van der Waals surface area contributed by atoms with Crippen LogP contribution in [0.1, 0.15) is 5.56 Å². The number of pyridine rings is 1. The lowest BCUT2D eigenvalue weighted by Crippen LogP contribution is -2.04. The molecule has 0 saturated carbocycles. The van der Waals surface area contributed by atoms with Crippen molar-refractivity contribution in [2.24, 2.45) is 0 Å². The summed E-state index contributed by atoms with van der Waals surface area (Å²) >= 11 is 11.5. The maximum Gasteiger partial charge on any atom is 0.416 e. The zero-order chi connectivity index (χ0) is 11.9. The number of aromatic nitrogens is 1. The predicted octanol–water partition coefficient (Wildman–Crippen LogP) is 4.56. The molecule has 1 aromatic heterocycles. The van der Waals surface area contributed by atoms with Gasteiger partial charge in [-0.2, -0.15) is 13.2 Å². The van der Waals surface area contributed by atoms with E-state index >= 15 is 0 Å². The first-order valence-corrected chi connectivity index (χ1v) is 4.96. The Hall–Kier alpha value is -1.00. The van der Waals surface area contributed by atoms with Gasteiger partial charge in [-0.3, -0.25) is 0 Å². The van der Waals surface area contributed by atoms with Crippen molar-refractivity contribution < 1.29 is 13.2 Å². The summed E-state index contributed by atoms with van der Waals surface area (Å²) in [4.78, 5) is 3.75. The van der Waals surface area contributed by atoms with Crippen molar-refractivity contribution >= 4 is 34.0 Å². The molecule has 0 spiro atoms. The summed E-state index contributed by atoms with van der Waals surface area (Å²) < 4.78 is 37.4. The highest BCUT2D eigenvalue weighted by atomic mass is 35.5. The smallest absolute Gasteiger partial charge is 0.242 e. The molecular weight excluding hydrogens is 262 g/mol. The van der Waals surface area contributed by atoms with Crippen LogP contribution in [0.2, 0.25) is 10.2 Å². The van der Waals surface area contributed by atoms with Crippen LogP contribution in [0, 0.1) is 0 Å². The Morgan fingerprint density at radius 1 is 1.06 bits per heavy atom. The van der Waals surface area contributed by atoms with Gasteiger partial charge in [0.1, 0.15) is 5.15 Å². The van der Waals surface area contributed by atoms with Gasteiger partial charge in [0.15, 0.2) is 0 Å². The van der Waals surface area contributed by atoms with E-state index in [1.165, 1.54) is 12.3 Å². The number of benzene rings is 1. The van der Waals surface area contributed by atoms with Crippen molar-refractivity contribution in [3.8, 4) is 0 Å². The van der Waals surface area contributed by atoms with Crippen LogP contribution < -0.4 is 0 Å². The maximum absolute atomic E-state index is 12.5. The Kier molecular flexibility index (Phi) is 2.72. The van der Waals surface area contributed by atoms with E-state index in [9.17, 15) is 13.2 Å². The molecular formula is C10H4Cl2F3N. The maximum atomic E-state index is 12.5. The van der Waals surface area contributed by atoms with E-state index in [-0.39, 0.29) is 15.6 Å². The Labute approximate surface area is 98.8 Å². The number of hydrogen-bond donors (Lipinski definition) is 0. The lowest BCUT2D eigenvalue weighted by atomic mass is 10.1. The molecule has 2 aromatic rings. The molecule has 0 bridgehead atoms. The molecule has 2 rings (SSSR count). The van der Waals surface area contributed by atoms with Crippen molar-refractivity contribution in [1.82, 2.24) is 4.98 Å². The van der Waals surface area contributed by atoms with Crippen LogP contribution >= 0.6 is 23.2 Å². The number of halogens is 5. The summed E-state index contributed by atoms with van der Waals surface area (Å²) in [5.74, 6) is 0. The average Bonchev–Trinajstić information content (AvgIpc) is 2.22. The Bertz CT molecular complexity index is 551. The minimum Gasteiger partial charge on any atom is -0.242 e. The molecule has 0 N–H and O–H groups in total. The molecule has 0 radical (unpaired) electrons. The van der Waals surface area contributed by atoms with E-state index in [1.54, 1.807) is 0 Å². The number of hydrogen-bond acceptors (Lipinski definition) is 1. The summed E-state index contributed by atoms with van der Waals surface area (Å²) in [5.41, 5.74) is -0.760. The first-order chi connectivity index (χ1) is 7.39. The van der Waals surface area contributed by atoms with Gasteiger partial charge < -0.3 is 0 Å². The van der Waals surface area contributed by atoms with Crippen LogP contribution in [0.4, 0.5) is 13.2 Å². The minimum atomic E-state index is -4.40. The zero-order valence-electron chi connectivity index (χ0n) is 7.65. The van der Waals surface area contributed by atoms with E-state index in [2.05, 4.69) is 4.98 Å². The molecule has 6 heteroatoms. The van der Waals surface area contributed by atoms with Crippen LogP contribution in [-0.4, -0.2) is 4.98 Å². The highest BCUT2D eigenvalue weighted by molar-refractivity contribution is 6.39. The fourth-order valence-corrected chi connectivity index (χ4v) is 1.77. The van der Waals surface area contributed by atoms with Gasteiger partial charge in [0.25, 0.3) is 0 Å². The van der Waals surface area contributed by atoms with Crippen molar-refractivity contribution in [3.05, 3.63) is 40.1 Å². The second-order valence-electron chi connectivity index (χ2n) is 3.16. The molecule has 16 heavy (non-hydrogen) atoms. The van der Waals surface area contributed by atoms with Gasteiger partial charge in [-0.1, -0.05) is 29.3 Å². The fraction of sp³-hybridized carbons (Fsp3) is 0.100. The van der Waals surface area contributed by atoms with Gasteiger partial charge in [0.05, 0.1) is 10.6 Å². The van der Waals surface area contributed by atoms with Crippen molar-refractivity contribution in [2.45, 2.75) is 6.18 Å². The molecule has 0 saturated heterocycles. The van der Waals surface area contributed by atoms with E-state index in [0.29, 0.717) is 5.39 Å². The zero-order valence-corrected chi connectivity index (χ0v) is 9.16. The monoisotopic (exact) mass is 265 g/mol. The van der Waals surface area contributed by atoms with Gasteiger partial charge in [0, 0.05) is 17.0 Å². The molecule has 1 heterocycles. The highest BCUT2D eigenvalue weighted by Crippen LogP contribution is 2.35. The van der Waals surface area contributed by atoms with Crippen LogP contribution in [0.3, 0.4) is 0 Å². The highest BCUT2D eigenvalue weighted by Gasteiger charge is 2.30. The minimum absolute atomic E-state index is 0.133. The van der Waals surface area contributed by atoms with Gasteiger partial charge in [0.2, 0.25) is 0 Å². The molecule has 0 aliphatic heterocycles. The van der Waals surface area contributed by atoms with Crippen LogP contribution in [0.25, 0.3) is 10.8 Å². The van der Waals surface area contributed by atoms with Crippen LogP contribution in [-0.2, 0) is 6.18 Å². The third kappa shape index (κ3) is 1.95. The van der Waals surface area contributed by atoms with E-state index < -0.39 is 11.7 Å². The second kappa shape index (κ2) is 3.79. The number of fused-ring (bicyclic) bond motifs is 1. The molecule has 0 unspecified atom stereocenters. The lowest BCUT2D eigenvalue weighted by molar-refractivity contribution is -0.137. The molecule has 84 valence electrons. The quantitative estimate of drug-likeness (QED) is 0.637. The van der Waals surface area contributed by atoms with Crippen molar-refractivity contribution in [3.63, 3.8) is 0 Å². The topological polar surface area (TPSA) is 12.9 Å². The molecule has 0 aliphatic carbocycles. The molecule has 0 fully saturated rings. The first-order valence-electron chi connectivity index (χ1n) is 4.20. The van der Waals surface area contributed by atoms with E-state index in [4.69, 9.17) is 23.2 Å². The first kappa shape index (κ1) is 11.5. The van der Waals surface area contributed by atoms with Gasteiger partial charge in [-0.25, -0.2) is 4.98 Å². The Morgan fingerprint density at radius 3 is 2.38 bits per heavy atom. The van der Waals surface area contributed by atoms with Crippen LogP contribution in [0.15, 0.2) is 24.4 Å². The summed E-state index contributed by atoms with van der Waals surface area (Å²) in [7, 11) is 0. The summed E-state index contributed by atoms with van der Waals surface area (Å²) in [6, 6.07) is 3.18. The molecule has 0 atom stereocenters. The summed E-state index contributed by atoms with van der Waals surface area (Å²) in [6.07, 6.45) is -3.17. The van der Waals surface area contributed by atoms with Gasteiger partial charge in [-0.05, 0) is 12.1 Å². The summed E-state index contributed by atoms with van der Waals surface area (Å²) in [5, 5.41) is 0.928. The predicted molar refractivity (Wildman–Crippen MR) is 56.8 cm³/mol. The third-order valence-electron chi connectivity index (χ3n) is 2.12. The number of nitrogens with zero attached hydrogens (tertiary/aromatic N) is 1. The second-order valence-corrected chi connectivity index (χ2v) is 3.92. The largest absolute Gasteiger partial charge is 0.416 e. The number of rotatable bonds is 0. The molecule has 1 aromatic carbocycles.